The summed E-state index contributed by atoms with van der Waals surface area (Å²) in [5.74, 6) is 0.749. The molecule has 1 aliphatic heterocycles. The van der Waals surface area contributed by atoms with Gasteiger partial charge >= 0.3 is 0 Å². The smallest absolute Gasteiger partial charge is 0.238 e. The van der Waals surface area contributed by atoms with Gasteiger partial charge in [0.15, 0.2) is 0 Å². The highest BCUT2D eigenvalue weighted by molar-refractivity contribution is 6.22. The maximum absolute atomic E-state index is 13.6. The van der Waals surface area contributed by atoms with Gasteiger partial charge in [0.25, 0.3) is 0 Å². The third kappa shape index (κ3) is 3.06. The third-order valence-corrected chi connectivity index (χ3v) is 7.03. The summed E-state index contributed by atoms with van der Waals surface area (Å²) in [7, 11) is 0. The minimum Gasteiger partial charge on any atom is -0.498 e. The van der Waals surface area contributed by atoms with Crippen LogP contribution in [0.1, 0.15) is 44.1 Å². The number of nitrogens with zero attached hydrogens (tertiary/aromatic N) is 1. The molecule has 154 valence electrons. The van der Waals surface area contributed by atoms with E-state index in [1.165, 1.54) is 16.0 Å². The zero-order valence-electron chi connectivity index (χ0n) is 17.3. The molecule has 0 unspecified atom stereocenters. The van der Waals surface area contributed by atoms with Gasteiger partial charge in [-0.2, -0.15) is 0 Å². The van der Waals surface area contributed by atoms with Crippen molar-refractivity contribution in [3.05, 3.63) is 77.6 Å². The van der Waals surface area contributed by atoms with E-state index in [-0.39, 0.29) is 29.6 Å². The van der Waals surface area contributed by atoms with E-state index in [0.717, 1.165) is 25.0 Å². The van der Waals surface area contributed by atoms with Crippen LogP contribution in [0.15, 0.2) is 72.0 Å². The zero-order valence-corrected chi connectivity index (χ0v) is 17.3. The number of hydrogen-bond acceptors (Lipinski definition) is 3. The molecular weight excluding hydrogens is 374 g/mol. The largest absolute Gasteiger partial charge is 0.498 e. The van der Waals surface area contributed by atoms with Crippen LogP contribution >= 0.6 is 0 Å². The number of carbonyl (C=O) groups excluding carboxylic acids is 2. The topological polar surface area (TPSA) is 46.6 Å². The normalized spacial score (nSPS) is 28.4. The molecule has 3 aliphatic rings. The fourth-order valence-electron chi connectivity index (χ4n) is 5.72. The summed E-state index contributed by atoms with van der Waals surface area (Å²) in [5.41, 5.74) is 3.28. The summed E-state index contributed by atoms with van der Waals surface area (Å²) in [4.78, 5) is 28.3. The number of imide groups is 1. The Kier molecular flexibility index (Phi) is 4.93. The van der Waals surface area contributed by atoms with Crippen LogP contribution in [-0.2, 0) is 14.3 Å². The molecule has 2 aromatic rings. The van der Waals surface area contributed by atoms with Gasteiger partial charge in [-0.15, -0.1) is 0 Å². The van der Waals surface area contributed by atoms with E-state index in [9.17, 15) is 9.59 Å². The van der Waals surface area contributed by atoms with Crippen molar-refractivity contribution in [1.82, 2.24) is 0 Å². The highest BCUT2D eigenvalue weighted by Gasteiger charge is 2.56. The third-order valence-electron chi connectivity index (χ3n) is 7.03. The van der Waals surface area contributed by atoms with Crippen LogP contribution in [-0.4, -0.2) is 18.4 Å². The maximum Gasteiger partial charge on any atom is 0.238 e. The van der Waals surface area contributed by atoms with Gasteiger partial charge in [-0.25, -0.2) is 0 Å². The molecule has 30 heavy (non-hydrogen) atoms. The van der Waals surface area contributed by atoms with E-state index in [1.807, 2.05) is 43.3 Å². The van der Waals surface area contributed by atoms with E-state index in [1.54, 1.807) is 0 Å². The van der Waals surface area contributed by atoms with Crippen LogP contribution < -0.4 is 4.90 Å². The molecule has 2 amide bonds. The Labute approximate surface area is 177 Å². The Morgan fingerprint density at radius 3 is 2.33 bits per heavy atom. The maximum atomic E-state index is 13.6. The number of benzene rings is 2. The van der Waals surface area contributed by atoms with Crippen LogP contribution in [0.2, 0.25) is 0 Å². The van der Waals surface area contributed by atoms with Crippen LogP contribution in [0.25, 0.3) is 0 Å². The van der Waals surface area contributed by atoms with Crippen LogP contribution in [0.3, 0.4) is 0 Å². The minimum absolute atomic E-state index is 0.0389. The van der Waals surface area contributed by atoms with Gasteiger partial charge in [-0.05, 0) is 61.3 Å². The Balaban J connectivity index is 1.52. The molecule has 2 aromatic carbocycles. The van der Waals surface area contributed by atoms with E-state index >= 15 is 0 Å². The molecule has 0 radical (unpaired) electrons. The predicted octanol–water partition coefficient (Wildman–Crippen LogP) is 5.07. The monoisotopic (exact) mass is 401 g/mol. The molecule has 0 aromatic heterocycles. The SMILES string of the molecule is CCOC1=C2CC[C@H](c3ccccc3)C[C@H]2[C@H]2C(=O)N(c3ccccc3)C(=O)[C@H]2C1. The lowest BCUT2D eigenvalue weighted by Crippen LogP contribution is -2.37. The zero-order chi connectivity index (χ0) is 20.7. The first kappa shape index (κ1) is 19.1. The first-order valence-electron chi connectivity index (χ1n) is 11.0. The molecule has 0 N–H and O–H groups in total. The van der Waals surface area contributed by atoms with Crippen LogP contribution in [0, 0.1) is 17.8 Å². The molecule has 2 fully saturated rings. The highest BCUT2D eigenvalue weighted by atomic mass is 16.5. The predicted molar refractivity (Wildman–Crippen MR) is 116 cm³/mol. The number of para-hydroxylation sites is 1. The standard InChI is InChI=1S/C26H27NO3/c1-2-30-23-16-22-24(26(29)27(25(22)28)19-11-7-4-8-12-19)21-15-18(13-14-20(21)23)17-9-5-3-6-10-17/h3-12,18,21-22,24H,2,13-16H2,1H3/t18-,21+,22-,24+/m0/s1. The molecule has 4 heteroatoms. The molecule has 0 bridgehead atoms. The van der Waals surface area contributed by atoms with E-state index in [0.29, 0.717) is 24.6 Å². The summed E-state index contributed by atoms with van der Waals surface area (Å²) in [5, 5.41) is 0. The van der Waals surface area contributed by atoms with Crippen molar-refractivity contribution in [2.24, 2.45) is 17.8 Å². The number of allylic oxidation sites excluding steroid dienone is 2. The van der Waals surface area contributed by atoms with Gasteiger partial charge in [0.1, 0.15) is 0 Å². The second-order valence-electron chi connectivity index (χ2n) is 8.55. The van der Waals surface area contributed by atoms with Gasteiger partial charge in [0.05, 0.1) is 29.9 Å². The average molecular weight is 402 g/mol. The first-order chi connectivity index (χ1) is 14.7. The van der Waals surface area contributed by atoms with Crippen molar-refractivity contribution in [2.75, 3.05) is 11.5 Å². The van der Waals surface area contributed by atoms with Crippen molar-refractivity contribution in [3.63, 3.8) is 0 Å². The molecule has 1 saturated heterocycles. The lowest BCUT2D eigenvalue weighted by Gasteiger charge is -2.40. The lowest BCUT2D eigenvalue weighted by molar-refractivity contribution is -0.123. The molecular formula is C26H27NO3. The van der Waals surface area contributed by atoms with Gasteiger partial charge in [-0.1, -0.05) is 48.5 Å². The van der Waals surface area contributed by atoms with Crippen LogP contribution in [0.5, 0.6) is 0 Å². The molecule has 2 aliphatic carbocycles. The molecule has 5 rings (SSSR count). The fourth-order valence-corrected chi connectivity index (χ4v) is 5.72. The number of carbonyl (C=O) groups is 2. The Hall–Kier alpha value is -2.88. The summed E-state index contributed by atoms with van der Waals surface area (Å²) in [6.45, 7) is 2.58. The summed E-state index contributed by atoms with van der Waals surface area (Å²) >= 11 is 0. The van der Waals surface area contributed by atoms with Crippen molar-refractivity contribution in [3.8, 4) is 0 Å². The Morgan fingerprint density at radius 2 is 1.63 bits per heavy atom. The van der Waals surface area contributed by atoms with Gasteiger partial charge in [-0.3, -0.25) is 14.5 Å². The Morgan fingerprint density at radius 1 is 0.933 bits per heavy atom. The molecule has 1 heterocycles. The highest BCUT2D eigenvalue weighted by Crippen LogP contribution is 2.53. The number of ether oxygens (including phenoxy) is 1. The van der Waals surface area contributed by atoms with Gasteiger partial charge in [0.2, 0.25) is 11.8 Å². The quantitative estimate of drug-likeness (QED) is 0.672. The Bertz CT molecular complexity index is 982. The number of anilines is 1. The molecule has 4 atom stereocenters. The van der Waals surface area contributed by atoms with Crippen molar-refractivity contribution in [2.45, 2.75) is 38.5 Å². The van der Waals surface area contributed by atoms with E-state index in [4.69, 9.17) is 4.74 Å². The molecule has 0 spiro atoms. The van der Waals surface area contributed by atoms with Crippen molar-refractivity contribution >= 4 is 17.5 Å². The average Bonchev–Trinajstić information content (AvgIpc) is 3.04. The number of hydrogen-bond donors (Lipinski definition) is 0. The second kappa shape index (κ2) is 7.75. The number of amides is 2. The minimum atomic E-state index is -0.317. The number of fused-ring (bicyclic) bond motifs is 3. The first-order valence-corrected chi connectivity index (χ1v) is 11.0. The molecule has 1 saturated carbocycles. The van der Waals surface area contributed by atoms with Gasteiger partial charge < -0.3 is 4.74 Å². The van der Waals surface area contributed by atoms with E-state index < -0.39 is 0 Å². The summed E-state index contributed by atoms with van der Waals surface area (Å²) < 4.78 is 6.02. The van der Waals surface area contributed by atoms with Gasteiger partial charge in [0, 0.05) is 6.42 Å². The summed E-state index contributed by atoms with van der Waals surface area (Å²) in [6, 6.07) is 19.9. The van der Waals surface area contributed by atoms with E-state index in [2.05, 4.69) is 24.3 Å². The van der Waals surface area contributed by atoms with Crippen molar-refractivity contribution in [1.29, 1.82) is 0 Å². The van der Waals surface area contributed by atoms with Crippen molar-refractivity contribution < 1.29 is 14.3 Å². The fraction of sp³-hybridized carbons (Fsp3) is 0.385. The summed E-state index contributed by atoms with van der Waals surface area (Å²) in [6.07, 6.45) is 3.46. The second-order valence-corrected chi connectivity index (χ2v) is 8.55. The lowest BCUT2D eigenvalue weighted by atomic mass is 9.63. The van der Waals surface area contributed by atoms with Crippen LogP contribution in [0.4, 0.5) is 5.69 Å². The molecule has 4 nitrogen and oxygen atoms in total. The number of rotatable bonds is 4.